The summed E-state index contributed by atoms with van der Waals surface area (Å²) in [5, 5.41) is 0. The van der Waals surface area contributed by atoms with E-state index in [4.69, 9.17) is 5.84 Å². The highest BCUT2D eigenvalue weighted by molar-refractivity contribution is 7.91. The van der Waals surface area contributed by atoms with Gasteiger partial charge in [0.15, 0.2) is 9.84 Å². The fourth-order valence-corrected chi connectivity index (χ4v) is 3.55. The van der Waals surface area contributed by atoms with Gasteiger partial charge < -0.3 is 10.3 Å². The summed E-state index contributed by atoms with van der Waals surface area (Å²) < 4.78 is 23.1. The van der Waals surface area contributed by atoms with E-state index in [1.54, 1.807) is 17.0 Å². The number of hydrogen-bond donors (Lipinski definition) is 2. The molecular formula is C13H19N3O3S. The Kier molecular flexibility index (Phi) is 4.29. The molecule has 2 rings (SSSR count). The van der Waals surface area contributed by atoms with Crippen molar-refractivity contribution in [3.63, 3.8) is 0 Å². The lowest BCUT2D eigenvalue weighted by Gasteiger charge is -2.21. The van der Waals surface area contributed by atoms with Gasteiger partial charge in [0.1, 0.15) is 0 Å². The van der Waals surface area contributed by atoms with Gasteiger partial charge in [-0.1, -0.05) is 6.07 Å². The van der Waals surface area contributed by atoms with Crippen molar-refractivity contribution in [1.82, 2.24) is 4.90 Å². The minimum absolute atomic E-state index is 0.0238. The van der Waals surface area contributed by atoms with Crippen LogP contribution in [0.1, 0.15) is 22.3 Å². The van der Waals surface area contributed by atoms with E-state index in [0.29, 0.717) is 24.2 Å². The Labute approximate surface area is 118 Å². The Bertz CT molecular complexity index is 613. The molecule has 1 aliphatic heterocycles. The number of amides is 1. The third-order valence-electron chi connectivity index (χ3n) is 3.40. The average Bonchev–Trinajstić information content (AvgIpc) is 2.59. The molecule has 3 N–H and O–H groups in total. The summed E-state index contributed by atoms with van der Waals surface area (Å²) in [5.74, 6) is 5.43. The van der Waals surface area contributed by atoms with E-state index in [1.165, 1.54) is 0 Å². The molecule has 0 spiro atoms. The summed E-state index contributed by atoms with van der Waals surface area (Å²) in [6, 6.07) is 5.34. The molecule has 1 fully saturated rings. The van der Waals surface area contributed by atoms with Crippen LogP contribution in [0.25, 0.3) is 0 Å². The molecular weight excluding hydrogens is 278 g/mol. The molecule has 0 radical (unpaired) electrons. The van der Waals surface area contributed by atoms with E-state index in [1.807, 2.05) is 13.0 Å². The van der Waals surface area contributed by atoms with Crippen molar-refractivity contribution in [2.75, 3.05) is 30.0 Å². The number of nitrogens with two attached hydrogens (primary N) is 1. The molecule has 20 heavy (non-hydrogen) atoms. The number of carbonyl (C=O) groups is 1. The second kappa shape index (κ2) is 5.80. The third kappa shape index (κ3) is 3.29. The van der Waals surface area contributed by atoms with E-state index in [9.17, 15) is 13.2 Å². The van der Waals surface area contributed by atoms with Crippen LogP contribution in [0.3, 0.4) is 0 Å². The number of hydrazine groups is 1. The molecule has 1 aromatic carbocycles. The number of rotatable bonds is 2. The van der Waals surface area contributed by atoms with Crippen LogP contribution in [-0.2, 0) is 9.84 Å². The van der Waals surface area contributed by atoms with Gasteiger partial charge in [0, 0.05) is 13.1 Å². The number of nitrogens with one attached hydrogen (secondary N) is 1. The first kappa shape index (κ1) is 14.8. The molecule has 0 saturated carbocycles. The number of nitrogens with zero attached hydrogens (tertiary/aromatic N) is 1. The zero-order valence-electron chi connectivity index (χ0n) is 11.4. The highest BCUT2D eigenvalue weighted by Gasteiger charge is 2.24. The van der Waals surface area contributed by atoms with Crippen molar-refractivity contribution in [3.8, 4) is 0 Å². The smallest absolute Gasteiger partial charge is 0.256 e. The molecule has 0 aromatic heterocycles. The molecule has 1 heterocycles. The minimum Gasteiger partial charge on any atom is -0.338 e. The average molecular weight is 297 g/mol. The van der Waals surface area contributed by atoms with E-state index in [2.05, 4.69) is 5.43 Å². The van der Waals surface area contributed by atoms with Gasteiger partial charge in [0.25, 0.3) is 5.91 Å². The number of aryl methyl sites for hydroxylation is 1. The summed E-state index contributed by atoms with van der Waals surface area (Å²) in [7, 11) is -3.02. The molecule has 0 aliphatic carbocycles. The van der Waals surface area contributed by atoms with Crippen LogP contribution < -0.4 is 11.3 Å². The Balaban J connectivity index is 2.23. The lowest BCUT2D eigenvalue weighted by Crippen LogP contribution is -2.34. The summed E-state index contributed by atoms with van der Waals surface area (Å²) >= 11 is 0. The quantitative estimate of drug-likeness (QED) is 0.614. The standard InChI is InChI=1S/C13H19N3O3S/c1-10-3-4-11(12(9-10)15-14)13(17)16-5-2-7-20(18,19)8-6-16/h3-4,9,15H,2,5-8,14H2,1H3. The minimum atomic E-state index is -3.02. The van der Waals surface area contributed by atoms with E-state index < -0.39 is 9.84 Å². The molecule has 110 valence electrons. The molecule has 7 heteroatoms. The van der Waals surface area contributed by atoms with E-state index in [0.717, 1.165) is 5.56 Å². The second-order valence-corrected chi connectivity index (χ2v) is 7.29. The lowest BCUT2D eigenvalue weighted by molar-refractivity contribution is 0.0769. The maximum absolute atomic E-state index is 12.5. The Morgan fingerprint density at radius 2 is 2.05 bits per heavy atom. The van der Waals surface area contributed by atoms with Gasteiger partial charge in [0.2, 0.25) is 0 Å². The van der Waals surface area contributed by atoms with Gasteiger partial charge in [-0.05, 0) is 31.0 Å². The SMILES string of the molecule is Cc1ccc(C(=O)N2CCCS(=O)(=O)CC2)c(NN)c1. The summed E-state index contributed by atoms with van der Waals surface area (Å²) in [6.07, 6.45) is 0.478. The molecule has 1 amide bonds. The monoisotopic (exact) mass is 297 g/mol. The Hall–Kier alpha value is -1.60. The fraction of sp³-hybridized carbons (Fsp3) is 0.462. The molecule has 0 atom stereocenters. The highest BCUT2D eigenvalue weighted by Crippen LogP contribution is 2.19. The molecule has 1 aromatic rings. The topological polar surface area (TPSA) is 92.5 Å². The number of sulfone groups is 1. The second-order valence-electron chi connectivity index (χ2n) is 4.99. The Morgan fingerprint density at radius 1 is 1.30 bits per heavy atom. The van der Waals surface area contributed by atoms with E-state index >= 15 is 0 Å². The van der Waals surface area contributed by atoms with Gasteiger partial charge in [0.05, 0.1) is 22.8 Å². The van der Waals surface area contributed by atoms with Crippen molar-refractivity contribution >= 4 is 21.4 Å². The van der Waals surface area contributed by atoms with Crippen molar-refractivity contribution in [3.05, 3.63) is 29.3 Å². The number of anilines is 1. The van der Waals surface area contributed by atoms with Crippen LogP contribution in [0.4, 0.5) is 5.69 Å². The normalized spacial score (nSPS) is 18.4. The summed E-state index contributed by atoms with van der Waals surface area (Å²) in [4.78, 5) is 14.1. The van der Waals surface area contributed by atoms with Crippen molar-refractivity contribution < 1.29 is 13.2 Å². The molecule has 0 bridgehead atoms. The van der Waals surface area contributed by atoms with Crippen molar-refractivity contribution in [2.45, 2.75) is 13.3 Å². The van der Waals surface area contributed by atoms with Gasteiger partial charge in [-0.25, -0.2) is 8.42 Å². The predicted octanol–water partition coefficient (Wildman–Crippen LogP) is 0.541. The van der Waals surface area contributed by atoms with Crippen LogP contribution in [-0.4, -0.2) is 43.8 Å². The zero-order chi connectivity index (χ0) is 14.8. The largest absolute Gasteiger partial charge is 0.338 e. The molecule has 1 saturated heterocycles. The van der Waals surface area contributed by atoms with Crippen LogP contribution >= 0.6 is 0 Å². The molecule has 0 unspecified atom stereocenters. The number of hydrogen-bond acceptors (Lipinski definition) is 5. The number of benzene rings is 1. The van der Waals surface area contributed by atoms with E-state index in [-0.39, 0.29) is 24.0 Å². The van der Waals surface area contributed by atoms with Crippen LogP contribution in [0, 0.1) is 6.92 Å². The first-order valence-corrected chi connectivity index (χ1v) is 8.32. The maximum atomic E-state index is 12.5. The Morgan fingerprint density at radius 3 is 2.75 bits per heavy atom. The van der Waals surface area contributed by atoms with Crippen LogP contribution in [0.15, 0.2) is 18.2 Å². The van der Waals surface area contributed by atoms with Gasteiger partial charge >= 0.3 is 0 Å². The molecule has 6 nitrogen and oxygen atoms in total. The van der Waals surface area contributed by atoms with Crippen molar-refractivity contribution in [1.29, 1.82) is 0 Å². The van der Waals surface area contributed by atoms with Gasteiger partial charge in [-0.2, -0.15) is 0 Å². The third-order valence-corrected chi connectivity index (χ3v) is 5.12. The summed E-state index contributed by atoms with van der Waals surface area (Å²) in [5.41, 5.74) is 4.54. The number of carbonyl (C=O) groups excluding carboxylic acids is 1. The number of nitrogen functional groups attached to an aromatic ring is 1. The van der Waals surface area contributed by atoms with Crippen LogP contribution in [0.2, 0.25) is 0 Å². The van der Waals surface area contributed by atoms with Gasteiger partial charge in [-0.3, -0.25) is 10.6 Å². The lowest BCUT2D eigenvalue weighted by atomic mass is 10.1. The fourth-order valence-electron chi connectivity index (χ4n) is 2.28. The predicted molar refractivity (Wildman–Crippen MR) is 78.2 cm³/mol. The first-order valence-electron chi connectivity index (χ1n) is 6.50. The van der Waals surface area contributed by atoms with Crippen molar-refractivity contribution in [2.24, 2.45) is 5.84 Å². The highest BCUT2D eigenvalue weighted by atomic mass is 32.2. The molecule has 1 aliphatic rings. The first-order chi connectivity index (χ1) is 9.43. The summed E-state index contributed by atoms with van der Waals surface area (Å²) in [6.45, 7) is 2.60. The van der Waals surface area contributed by atoms with Gasteiger partial charge in [-0.15, -0.1) is 0 Å². The zero-order valence-corrected chi connectivity index (χ0v) is 12.2. The maximum Gasteiger partial charge on any atom is 0.256 e. The van der Waals surface area contributed by atoms with Crippen LogP contribution in [0.5, 0.6) is 0 Å².